The van der Waals surface area contributed by atoms with E-state index in [1.807, 2.05) is 12.3 Å². The van der Waals surface area contributed by atoms with E-state index in [9.17, 15) is 0 Å². The van der Waals surface area contributed by atoms with Crippen molar-refractivity contribution in [2.24, 2.45) is 0 Å². The third kappa shape index (κ3) is 1.65. The lowest BCUT2D eigenvalue weighted by molar-refractivity contribution is 0.801. The van der Waals surface area contributed by atoms with Gasteiger partial charge in [0, 0.05) is 24.2 Å². The van der Waals surface area contributed by atoms with Crippen LogP contribution in [0.5, 0.6) is 0 Å². The summed E-state index contributed by atoms with van der Waals surface area (Å²) in [6, 6.07) is 1.97. The maximum absolute atomic E-state index is 4.47. The van der Waals surface area contributed by atoms with Crippen molar-refractivity contribution >= 4 is 5.65 Å². The quantitative estimate of drug-likeness (QED) is 0.727. The molecular weight excluding hydrogens is 184 g/mol. The maximum atomic E-state index is 4.47. The van der Waals surface area contributed by atoms with E-state index in [-0.39, 0.29) is 0 Å². The lowest BCUT2D eigenvalue weighted by atomic mass is 9.95. The summed E-state index contributed by atoms with van der Waals surface area (Å²) >= 11 is 0. The third-order valence-electron chi connectivity index (χ3n) is 2.80. The maximum Gasteiger partial charge on any atom is 0.140 e. The van der Waals surface area contributed by atoms with Gasteiger partial charge in [-0.2, -0.15) is 0 Å². The van der Waals surface area contributed by atoms with Gasteiger partial charge in [-0.15, -0.1) is 0 Å². The van der Waals surface area contributed by atoms with Crippen molar-refractivity contribution in [3.05, 3.63) is 35.8 Å². The number of nitrogens with zero attached hydrogens (tertiary/aromatic N) is 2. The van der Waals surface area contributed by atoms with Gasteiger partial charge in [0.15, 0.2) is 0 Å². The van der Waals surface area contributed by atoms with Gasteiger partial charge in [-0.3, -0.25) is 0 Å². The first-order valence-electron chi connectivity index (χ1n) is 5.56. The molecule has 2 aromatic rings. The van der Waals surface area contributed by atoms with Gasteiger partial charge in [-0.25, -0.2) is 4.98 Å². The average Bonchev–Trinajstić information content (AvgIpc) is 2.56. The fourth-order valence-corrected chi connectivity index (χ4v) is 2.10. The number of hydrogen-bond donors (Lipinski definition) is 0. The summed E-state index contributed by atoms with van der Waals surface area (Å²) in [6.45, 7) is 8.94. The molecule has 0 aliphatic heterocycles. The van der Waals surface area contributed by atoms with Gasteiger partial charge in [0.05, 0.1) is 0 Å². The molecule has 0 aromatic carbocycles. The van der Waals surface area contributed by atoms with E-state index in [4.69, 9.17) is 0 Å². The van der Waals surface area contributed by atoms with Gasteiger partial charge in [-0.1, -0.05) is 27.7 Å². The Kier molecular flexibility index (Phi) is 2.51. The lowest BCUT2D eigenvalue weighted by Crippen LogP contribution is -1.95. The van der Waals surface area contributed by atoms with Gasteiger partial charge in [0.2, 0.25) is 0 Å². The summed E-state index contributed by atoms with van der Waals surface area (Å²) in [5.74, 6) is 1.09. The molecule has 0 aliphatic carbocycles. The van der Waals surface area contributed by atoms with E-state index in [0.717, 1.165) is 5.65 Å². The zero-order valence-corrected chi connectivity index (χ0v) is 9.86. The third-order valence-corrected chi connectivity index (χ3v) is 2.80. The number of aromatic nitrogens is 2. The Bertz CT molecular complexity index is 466. The summed E-state index contributed by atoms with van der Waals surface area (Å²) in [4.78, 5) is 4.47. The van der Waals surface area contributed by atoms with E-state index in [2.05, 4.69) is 49.5 Å². The van der Waals surface area contributed by atoms with Crippen LogP contribution in [0.25, 0.3) is 5.65 Å². The second-order valence-electron chi connectivity index (χ2n) is 4.66. The number of hydrogen-bond acceptors (Lipinski definition) is 1. The molecule has 0 fully saturated rings. The summed E-state index contributed by atoms with van der Waals surface area (Å²) in [6.07, 6.45) is 6.15. The number of rotatable bonds is 2. The highest BCUT2D eigenvalue weighted by Gasteiger charge is 2.16. The Labute approximate surface area is 91.0 Å². The van der Waals surface area contributed by atoms with Crippen LogP contribution in [-0.4, -0.2) is 9.38 Å². The standard InChI is InChI=1S/C13H18N2/c1-9(2)11-8-15-7-5-6-14-13(15)12(11)10(3)4/h5-10H,1-4H3. The van der Waals surface area contributed by atoms with Crippen molar-refractivity contribution in [3.63, 3.8) is 0 Å². The summed E-state index contributed by atoms with van der Waals surface area (Å²) in [7, 11) is 0. The van der Waals surface area contributed by atoms with Crippen LogP contribution in [0.15, 0.2) is 24.7 Å². The summed E-state index contributed by atoms with van der Waals surface area (Å²) in [5.41, 5.74) is 3.92. The first-order valence-corrected chi connectivity index (χ1v) is 5.56. The van der Waals surface area contributed by atoms with Crippen LogP contribution in [0.3, 0.4) is 0 Å². The van der Waals surface area contributed by atoms with E-state index in [0.29, 0.717) is 11.8 Å². The summed E-state index contributed by atoms with van der Waals surface area (Å²) < 4.78 is 2.13. The van der Waals surface area contributed by atoms with E-state index >= 15 is 0 Å². The second kappa shape index (κ2) is 3.69. The van der Waals surface area contributed by atoms with Gasteiger partial charge in [0.1, 0.15) is 5.65 Å². The normalized spacial score (nSPS) is 11.9. The molecule has 0 bridgehead atoms. The molecule has 0 N–H and O–H groups in total. The molecule has 0 atom stereocenters. The van der Waals surface area contributed by atoms with Crippen molar-refractivity contribution in [3.8, 4) is 0 Å². The minimum absolute atomic E-state index is 0.530. The van der Waals surface area contributed by atoms with E-state index < -0.39 is 0 Å². The van der Waals surface area contributed by atoms with Gasteiger partial charge >= 0.3 is 0 Å². The van der Waals surface area contributed by atoms with Crippen LogP contribution >= 0.6 is 0 Å². The largest absolute Gasteiger partial charge is 0.308 e. The van der Waals surface area contributed by atoms with Crippen LogP contribution in [0.2, 0.25) is 0 Å². The Morgan fingerprint density at radius 3 is 2.47 bits per heavy atom. The Morgan fingerprint density at radius 2 is 1.87 bits per heavy atom. The zero-order valence-electron chi connectivity index (χ0n) is 9.86. The Morgan fingerprint density at radius 1 is 1.13 bits per heavy atom. The highest BCUT2D eigenvalue weighted by Crippen LogP contribution is 2.30. The minimum Gasteiger partial charge on any atom is -0.308 e. The first kappa shape index (κ1) is 10.2. The number of fused-ring (bicyclic) bond motifs is 1. The highest BCUT2D eigenvalue weighted by molar-refractivity contribution is 5.55. The first-order chi connectivity index (χ1) is 7.11. The SMILES string of the molecule is CC(C)c1cn2cccnc2c1C(C)C. The van der Waals surface area contributed by atoms with Gasteiger partial charge < -0.3 is 4.40 Å². The molecule has 0 aliphatic rings. The molecule has 2 aromatic heterocycles. The van der Waals surface area contributed by atoms with E-state index in [1.54, 1.807) is 0 Å². The summed E-state index contributed by atoms with van der Waals surface area (Å²) in [5, 5.41) is 0. The van der Waals surface area contributed by atoms with Crippen LogP contribution in [-0.2, 0) is 0 Å². The molecular formula is C13H18N2. The van der Waals surface area contributed by atoms with Crippen LogP contribution < -0.4 is 0 Å². The second-order valence-corrected chi connectivity index (χ2v) is 4.66. The Hall–Kier alpha value is -1.31. The van der Waals surface area contributed by atoms with Gasteiger partial charge in [-0.05, 0) is 23.5 Å². The lowest BCUT2D eigenvalue weighted by Gasteiger charge is -2.09. The van der Waals surface area contributed by atoms with Crippen molar-refractivity contribution in [2.75, 3.05) is 0 Å². The predicted molar refractivity (Wildman–Crippen MR) is 63.4 cm³/mol. The predicted octanol–water partition coefficient (Wildman–Crippen LogP) is 3.58. The van der Waals surface area contributed by atoms with Crippen LogP contribution in [0, 0.1) is 0 Å². The molecule has 0 unspecified atom stereocenters. The van der Waals surface area contributed by atoms with Crippen molar-refractivity contribution < 1.29 is 0 Å². The molecule has 0 radical (unpaired) electrons. The highest BCUT2D eigenvalue weighted by atomic mass is 15.0. The van der Waals surface area contributed by atoms with Crippen molar-refractivity contribution in [2.45, 2.75) is 39.5 Å². The smallest absolute Gasteiger partial charge is 0.140 e. The van der Waals surface area contributed by atoms with Gasteiger partial charge in [0.25, 0.3) is 0 Å². The van der Waals surface area contributed by atoms with Crippen LogP contribution in [0.1, 0.15) is 50.7 Å². The zero-order chi connectivity index (χ0) is 11.0. The fourth-order valence-electron chi connectivity index (χ4n) is 2.10. The topological polar surface area (TPSA) is 17.3 Å². The molecule has 0 saturated carbocycles. The average molecular weight is 202 g/mol. The molecule has 2 heterocycles. The van der Waals surface area contributed by atoms with Crippen molar-refractivity contribution in [1.29, 1.82) is 0 Å². The molecule has 2 heteroatoms. The van der Waals surface area contributed by atoms with Crippen LogP contribution in [0.4, 0.5) is 0 Å². The monoisotopic (exact) mass is 202 g/mol. The molecule has 0 amide bonds. The van der Waals surface area contributed by atoms with Crippen molar-refractivity contribution in [1.82, 2.24) is 9.38 Å². The molecule has 2 nitrogen and oxygen atoms in total. The molecule has 0 spiro atoms. The molecule has 2 rings (SSSR count). The van der Waals surface area contributed by atoms with E-state index in [1.165, 1.54) is 11.1 Å². The minimum atomic E-state index is 0.530. The molecule has 0 saturated heterocycles. The molecule has 80 valence electrons. The fraction of sp³-hybridized carbons (Fsp3) is 0.462. The Balaban J connectivity index is 2.75. The molecule has 15 heavy (non-hydrogen) atoms.